The van der Waals surface area contributed by atoms with E-state index in [-0.39, 0.29) is 23.1 Å². The molecule has 0 aliphatic rings. The van der Waals surface area contributed by atoms with Crippen molar-refractivity contribution in [2.75, 3.05) is 18.9 Å². The van der Waals surface area contributed by atoms with Crippen LogP contribution in [0, 0.1) is 0 Å². The van der Waals surface area contributed by atoms with Crippen molar-refractivity contribution in [3.05, 3.63) is 89.5 Å². The predicted molar refractivity (Wildman–Crippen MR) is 156 cm³/mol. The Kier molecular flexibility index (Phi) is 12.1. The lowest BCUT2D eigenvalue weighted by atomic mass is 9.86. The zero-order chi connectivity index (χ0) is 28.1. The van der Waals surface area contributed by atoms with E-state index in [1.54, 1.807) is 25.4 Å². The lowest BCUT2D eigenvalue weighted by Crippen LogP contribution is -2.34. The fourth-order valence-electron chi connectivity index (χ4n) is 4.01. The van der Waals surface area contributed by atoms with Crippen LogP contribution < -0.4 is 5.32 Å². The summed E-state index contributed by atoms with van der Waals surface area (Å²) in [6.45, 7) is 13.0. The van der Waals surface area contributed by atoms with Crippen molar-refractivity contribution < 1.29 is 9.59 Å². The molecule has 6 nitrogen and oxygen atoms in total. The number of rotatable bonds is 10. The summed E-state index contributed by atoms with van der Waals surface area (Å²) >= 11 is 0. The number of benzene rings is 2. The van der Waals surface area contributed by atoms with Crippen LogP contribution in [0.15, 0.2) is 67.0 Å². The molecule has 6 heteroatoms. The molecule has 0 saturated heterocycles. The van der Waals surface area contributed by atoms with Gasteiger partial charge in [-0.1, -0.05) is 64.1 Å². The molecule has 1 heterocycles. The van der Waals surface area contributed by atoms with E-state index in [0.717, 1.165) is 24.5 Å². The number of aromatic nitrogens is 2. The van der Waals surface area contributed by atoms with Gasteiger partial charge in [0.05, 0.1) is 6.04 Å². The van der Waals surface area contributed by atoms with Crippen molar-refractivity contribution in [3.8, 4) is 0 Å². The lowest BCUT2D eigenvalue weighted by molar-refractivity contribution is -0.133. The second-order valence-electron chi connectivity index (χ2n) is 10.6. The summed E-state index contributed by atoms with van der Waals surface area (Å²) in [5.74, 6) is 1.12. The van der Waals surface area contributed by atoms with Crippen LogP contribution in [0.3, 0.4) is 0 Å². The Balaban J connectivity index is 0.000000384. The third-order valence-corrected chi connectivity index (χ3v) is 6.55. The topological polar surface area (TPSA) is 75.2 Å². The van der Waals surface area contributed by atoms with Crippen LogP contribution in [-0.2, 0) is 27.8 Å². The first-order chi connectivity index (χ1) is 18.0. The Hall–Kier alpha value is -3.54. The maximum Gasteiger partial charge on any atom is 0.222 e. The van der Waals surface area contributed by atoms with Crippen LogP contribution in [-0.4, -0.2) is 40.2 Å². The Labute approximate surface area is 228 Å². The summed E-state index contributed by atoms with van der Waals surface area (Å²) in [4.78, 5) is 33.1. The SMILES string of the molecule is CC(=O)CCc1ncccn1.CCC(=O)N(CCc1ccc(NC)cc1)C(C)c1ccc(C(C)(C)C)cc1. The summed E-state index contributed by atoms with van der Waals surface area (Å²) < 4.78 is 0. The van der Waals surface area contributed by atoms with E-state index in [9.17, 15) is 9.59 Å². The van der Waals surface area contributed by atoms with Crippen molar-refractivity contribution in [2.45, 2.75) is 78.7 Å². The van der Waals surface area contributed by atoms with E-state index in [1.807, 2.05) is 18.9 Å². The predicted octanol–water partition coefficient (Wildman–Crippen LogP) is 6.57. The van der Waals surface area contributed by atoms with Gasteiger partial charge in [0.15, 0.2) is 0 Å². The molecule has 0 aliphatic carbocycles. The summed E-state index contributed by atoms with van der Waals surface area (Å²) in [6.07, 6.45) is 5.94. The number of nitrogens with one attached hydrogen (secondary N) is 1. The van der Waals surface area contributed by atoms with E-state index in [0.29, 0.717) is 19.3 Å². The molecular formula is C32H44N4O2. The highest BCUT2D eigenvalue weighted by atomic mass is 16.2. The van der Waals surface area contributed by atoms with Crippen molar-refractivity contribution in [2.24, 2.45) is 0 Å². The van der Waals surface area contributed by atoms with Gasteiger partial charge in [0.2, 0.25) is 5.91 Å². The summed E-state index contributed by atoms with van der Waals surface area (Å²) in [5, 5.41) is 3.14. The lowest BCUT2D eigenvalue weighted by Gasteiger charge is -2.30. The smallest absolute Gasteiger partial charge is 0.222 e. The number of amides is 1. The summed E-state index contributed by atoms with van der Waals surface area (Å²) in [7, 11) is 1.92. The third kappa shape index (κ3) is 10.1. The fourth-order valence-corrected chi connectivity index (χ4v) is 4.01. The average molecular weight is 517 g/mol. The molecule has 1 aromatic heterocycles. The quantitative estimate of drug-likeness (QED) is 0.330. The number of carbonyl (C=O) groups excluding carboxylic acids is 2. The van der Waals surface area contributed by atoms with Crippen LogP contribution in [0.25, 0.3) is 0 Å². The summed E-state index contributed by atoms with van der Waals surface area (Å²) in [5.41, 5.74) is 5.00. The van der Waals surface area contributed by atoms with Crippen LogP contribution in [0.2, 0.25) is 0 Å². The first-order valence-electron chi connectivity index (χ1n) is 13.5. The molecule has 0 aliphatic heterocycles. The zero-order valence-electron chi connectivity index (χ0n) is 24.1. The normalized spacial score (nSPS) is 11.7. The van der Waals surface area contributed by atoms with E-state index >= 15 is 0 Å². The molecule has 204 valence electrons. The van der Waals surface area contributed by atoms with Crippen LogP contribution in [0.5, 0.6) is 0 Å². The number of carbonyl (C=O) groups is 2. The number of hydrogen-bond donors (Lipinski definition) is 1. The Morgan fingerprint density at radius 2 is 1.55 bits per heavy atom. The molecule has 1 N–H and O–H groups in total. The second kappa shape index (κ2) is 15.0. The average Bonchev–Trinajstić information content (AvgIpc) is 2.92. The number of ketones is 1. The maximum absolute atomic E-state index is 12.6. The molecule has 0 saturated carbocycles. The van der Waals surface area contributed by atoms with Crippen molar-refractivity contribution >= 4 is 17.4 Å². The zero-order valence-corrected chi connectivity index (χ0v) is 24.1. The highest BCUT2D eigenvalue weighted by molar-refractivity contribution is 5.76. The minimum absolute atomic E-state index is 0.0723. The van der Waals surface area contributed by atoms with Gasteiger partial charge in [0.25, 0.3) is 0 Å². The van der Waals surface area contributed by atoms with Gasteiger partial charge in [-0.3, -0.25) is 4.79 Å². The van der Waals surface area contributed by atoms with Gasteiger partial charge < -0.3 is 15.0 Å². The minimum atomic E-state index is 0.0723. The van der Waals surface area contributed by atoms with E-state index in [2.05, 4.69) is 91.5 Å². The number of Topliss-reactive ketones (excluding diaryl/α,β-unsaturated/α-hetero) is 1. The standard InChI is InChI=1S/C24H34N2O.C8H10N2O/c1-7-23(27)26(17-16-19-8-14-22(25-6)15-9-19)18(2)20-10-12-21(13-11-20)24(3,4)5;1-7(11)3-4-8-9-5-2-6-10-8/h8-15,18,25H,7,16-17H2,1-6H3;2,5-6H,3-4H2,1H3. The van der Waals surface area contributed by atoms with Gasteiger partial charge in [0.1, 0.15) is 11.6 Å². The largest absolute Gasteiger partial charge is 0.388 e. The van der Waals surface area contributed by atoms with Gasteiger partial charge in [-0.05, 0) is 60.6 Å². The molecule has 38 heavy (non-hydrogen) atoms. The monoisotopic (exact) mass is 516 g/mol. The minimum Gasteiger partial charge on any atom is -0.388 e. The van der Waals surface area contributed by atoms with Gasteiger partial charge in [-0.15, -0.1) is 0 Å². The number of anilines is 1. The Bertz CT molecular complexity index is 1120. The molecule has 0 spiro atoms. The molecule has 1 unspecified atom stereocenters. The van der Waals surface area contributed by atoms with Gasteiger partial charge >= 0.3 is 0 Å². The molecule has 0 radical (unpaired) electrons. The van der Waals surface area contributed by atoms with Crippen LogP contribution in [0.4, 0.5) is 5.69 Å². The molecular weight excluding hydrogens is 472 g/mol. The van der Waals surface area contributed by atoms with Crippen LogP contribution >= 0.6 is 0 Å². The van der Waals surface area contributed by atoms with Crippen LogP contribution in [0.1, 0.15) is 82.9 Å². The Morgan fingerprint density at radius 3 is 2.05 bits per heavy atom. The van der Waals surface area contributed by atoms with Gasteiger partial charge in [-0.2, -0.15) is 0 Å². The fraction of sp³-hybridized carbons (Fsp3) is 0.438. The molecule has 2 aromatic carbocycles. The van der Waals surface area contributed by atoms with E-state index in [4.69, 9.17) is 0 Å². The molecule has 0 bridgehead atoms. The maximum atomic E-state index is 12.6. The van der Waals surface area contributed by atoms with E-state index in [1.165, 1.54) is 16.7 Å². The molecule has 3 rings (SSSR count). The number of nitrogens with zero attached hydrogens (tertiary/aromatic N) is 3. The third-order valence-electron chi connectivity index (χ3n) is 6.55. The highest BCUT2D eigenvalue weighted by Gasteiger charge is 2.21. The van der Waals surface area contributed by atoms with Crippen molar-refractivity contribution in [1.82, 2.24) is 14.9 Å². The van der Waals surface area contributed by atoms with Crippen molar-refractivity contribution in [3.63, 3.8) is 0 Å². The molecule has 1 amide bonds. The number of aryl methyl sites for hydroxylation is 1. The first kappa shape index (κ1) is 30.7. The number of hydrogen-bond acceptors (Lipinski definition) is 5. The first-order valence-corrected chi connectivity index (χ1v) is 13.5. The highest BCUT2D eigenvalue weighted by Crippen LogP contribution is 2.27. The summed E-state index contributed by atoms with van der Waals surface area (Å²) in [6, 6.07) is 19.0. The van der Waals surface area contributed by atoms with Gasteiger partial charge in [0, 0.05) is 50.9 Å². The second-order valence-corrected chi connectivity index (χ2v) is 10.6. The van der Waals surface area contributed by atoms with E-state index < -0.39 is 0 Å². The van der Waals surface area contributed by atoms with Gasteiger partial charge in [-0.25, -0.2) is 9.97 Å². The Morgan fingerprint density at radius 1 is 0.947 bits per heavy atom. The molecule has 3 aromatic rings. The molecule has 0 fully saturated rings. The van der Waals surface area contributed by atoms with Crippen molar-refractivity contribution in [1.29, 1.82) is 0 Å². The molecule has 1 atom stereocenters.